The van der Waals surface area contributed by atoms with Gasteiger partial charge in [0.1, 0.15) is 5.82 Å². The second-order valence-electron chi connectivity index (χ2n) is 8.08. The van der Waals surface area contributed by atoms with E-state index in [1.54, 1.807) is 42.5 Å². The lowest BCUT2D eigenvalue weighted by Crippen LogP contribution is -2.30. The van der Waals surface area contributed by atoms with E-state index in [2.05, 4.69) is 39.3 Å². The van der Waals surface area contributed by atoms with Gasteiger partial charge in [0.15, 0.2) is 5.75 Å². The van der Waals surface area contributed by atoms with Crippen LogP contribution in [0.25, 0.3) is 0 Å². The molecule has 2 amide bonds. The third-order valence-electron chi connectivity index (χ3n) is 5.58. The topological polar surface area (TPSA) is 99.7 Å². The summed E-state index contributed by atoms with van der Waals surface area (Å²) >= 11 is 12.0. The van der Waals surface area contributed by atoms with Gasteiger partial charge in [0.2, 0.25) is 5.95 Å². The molecule has 0 radical (unpaired) electrons. The molecule has 196 valence electrons. The summed E-state index contributed by atoms with van der Waals surface area (Å²) in [7, 11) is 1.52. The maximum absolute atomic E-state index is 12.6. The number of hydrogen-bond acceptors (Lipinski definition) is 7. The van der Waals surface area contributed by atoms with Crippen molar-refractivity contribution in [2.24, 2.45) is 0 Å². The fraction of sp³-hybridized carbons (Fsp3) is 0.308. The number of halogens is 2. The van der Waals surface area contributed by atoms with Crippen molar-refractivity contribution in [3.63, 3.8) is 0 Å². The van der Waals surface area contributed by atoms with Crippen LogP contribution in [0, 0.1) is 0 Å². The van der Waals surface area contributed by atoms with E-state index in [1.807, 2.05) is 0 Å². The number of ether oxygens (including phenoxy) is 1. The van der Waals surface area contributed by atoms with E-state index in [0.717, 1.165) is 26.1 Å². The van der Waals surface area contributed by atoms with Gasteiger partial charge >= 0.3 is 6.09 Å². The van der Waals surface area contributed by atoms with Crippen molar-refractivity contribution in [1.82, 2.24) is 20.2 Å². The minimum absolute atomic E-state index is 0.121. The summed E-state index contributed by atoms with van der Waals surface area (Å²) in [6.07, 6.45) is 1.72. The van der Waals surface area contributed by atoms with Crippen molar-refractivity contribution in [2.45, 2.75) is 20.3 Å². The number of nitrogens with one attached hydrogen (secondary N) is 2. The van der Waals surface area contributed by atoms with Gasteiger partial charge in [-0.05, 0) is 68.5 Å². The van der Waals surface area contributed by atoms with E-state index in [4.69, 9.17) is 27.9 Å². The summed E-state index contributed by atoms with van der Waals surface area (Å²) in [6.45, 7) is 7.84. The van der Waals surface area contributed by atoms with Crippen LogP contribution >= 0.6 is 23.2 Å². The summed E-state index contributed by atoms with van der Waals surface area (Å²) in [5.41, 5.74) is 1.25. The fourth-order valence-electron chi connectivity index (χ4n) is 3.39. The zero-order valence-electron chi connectivity index (χ0n) is 21.0. The average Bonchev–Trinajstić information content (AvgIpc) is 2.91. The first-order valence-corrected chi connectivity index (χ1v) is 12.7. The third kappa shape index (κ3) is 8.31. The Morgan fingerprint density at radius 1 is 1.03 bits per heavy atom. The molecule has 0 unspecified atom stereocenters. The molecule has 0 saturated heterocycles. The van der Waals surface area contributed by atoms with Crippen molar-refractivity contribution >= 4 is 52.7 Å². The summed E-state index contributed by atoms with van der Waals surface area (Å²) in [5.74, 6) is 0.601. The van der Waals surface area contributed by atoms with Crippen molar-refractivity contribution in [2.75, 3.05) is 43.4 Å². The van der Waals surface area contributed by atoms with Crippen LogP contribution in [0.1, 0.15) is 30.6 Å². The lowest BCUT2D eigenvalue weighted by molar-refractivity contribution is 0.0952. The van der Waals surface area contributed by atoms with Crippen LogP contribution in [0.5, 0.6) is 5.75 Å². The number of carbonyl (C=O) groups excluding carboxylic acids is 2. The first-order valence-electron chi connectivity index (χ1n) is 11.9. The second-order valence-corrected chi connectivity index (χ2v) is 8.92. The Labute approximate surface area is 226 Å². The summed E-state index contributed by atoms with van der Waals surface area (Å²) in [4.78, 5) is 37.1. The van der Waals surface area contributed by atoms with Crippen molar-refractivity contribution in [3.8, 4) is 5.75 Å². The van der Waals surface area contributed by atoms with Gasteiger partial charge in [-0.3, -0.25) is 9.69 Å². The van der Waals surface area contributed by atoms with Gasteiger partial charge in [-0.25, -0.2) is 9.78 Å². The fourth-order valence-corrected chi connectivity index (χ4v) is 3.71. The molecule has 0 aliphatic heterocycles. The number of anilines is 3. The first kappa shape index (κ1) is 28.2. The van der Waals surface area contributed by atoms with Gasteiger partial charge < -0.3 is 20.3 Å². The van der Waals surface area contributed by atoms with Gasteiger partial charge in [-0.2, -0.15) is 4.98 Å². The van der Waals surface area contributed by atoms with E-state index in [1.165, 1.54) is 24.2 Å². The molecule has 2 aromatic carbocycles. The lowest BCUT2D eigenvalue weighted by atomic mass is 10.2. The molecule has 9 nitrogen and oxygen atoms in total. The Bertz CT molecular complexity index is 1210. The van der Waals surface area contributed by atoms with Gasteiger partial charge in [0.25, 0.3) is 5.91 Å². The molecule has 0 bridgehead atoms. The molecular formula is C26H30Cl2N6O3. The SMILES string of the molecule is CCN(CC)CCCNC(=O)c1ccc(Nc2nccc(N(C)C(=O)Oc3cc(Cl)ccc3Cl)n2)cc1. The maximum Gasteiger partial charge on any atom is 0.420 e. The molecule has 0 spiro atoms. The third-order valence-corrected chi connectivity index (χ3v) is 6.13. The lowest BCUT2D eigenvalue weighted by Gasteiger charge is -2.17. The summed E-state index contributed by atoms with van der Waals surface area (Å²) < 4.78 is 5.34. The van der Waals surface area contributed by atoms with Crippen LogP contribution < -0.4 is 20.3 Å². The molecule has 0 aliphatic rings. The number of rotatable bonds is 11. The highest BCUT2D eigenvalue weighted by molar-refractivity contribution is 6.34. The number of nitrogens with zero attached hydrogens (tertiary/aromatic N) is 4. The Hall–Kier alpha value is -3.40. The molecular weight excluding hydrogens is 515 g/mol. The molecule has 0 atom stereocenters. The van der Waals surface area contributed by atoms with Crippen LogP contribution in [-0.4, -0.2) is 60.1 Å². The van der Waals surface area contributed by atoms with Gasteiger partial charge in [0.05, 0.1) is 5.02 Å². The van der Waals surface area contributed by atoms with Crippen LogP contribution in [0.3, 0.4) is 0 Å². The number of hydrogen-bond donors (Lipinski definition) is 2. The van der Waals surface area contributed by atoms with E-state index in [-0.39, 0.29) is 22.6 Å². The molecule has 1 aromatic heterocycles. The van der Waals surface area contributed by atoms with Crippen LogP contribution in [0.15, 0.2) is 54.7 Å². The van der Waals surface area contributed by atoms with Crippen LogP contribution in [0.4, 0.5) is 22.2 Å². The first-order chi connectivity index (χ1) is 17.8. The number of aromatic nitrogens is 2. The molecule has 0 saturated carbocycles. The maximum atomic E-state index is 12.6. The van der Waals surface area contributed by atoms with Crippen LogP contribution in [-0.2, 0) is 0 Å². The quantitative estimate of drug-likeness (QED) is 0.302. The minimum Gasteiger partial charge on any atom is -0.408 e. The summed E-state index contributed by atoms with van der Waals surface area (Å²) in [6, 6.07) is 13.1. The molecule has 3 rings (SSSR count). The largest absolute Gasteiger partial charge is 0.420 e. The smallest absolute Gasteiger partial charge is 0.408 e. The molecule has 2 N–H and O–H groups in total. The van der Waals surface area contributed by atoms with E-state index < -0.39 is 6.09 Å². The zero-order chi connectivity index (χ0) is 26.8. The molecule has 11 heteroatoms. The standard InChI is InChI=1S/C26H30Cl2N6O3/c1-4-34(5-2)16-6-14-29-24(35)18-7-10-20(11-8-18)31-25-30-15-13-23(32-25)33(3)26(36)37-22-17-19(27)9-12-21(22)28/h7-13,15,17H,4-6,14,16H2,1-3H3,(H,29,35)(H,30,31,32). The van der Waals surface area contributed by atoms with E-state index in [9.17, 15) is 9.59 Å². The van der Waals surface area contributed by atoms with Gasteiger partial charge in [-0.15, -0.1) is 0 Å². The van der Waals surface area contributed by atoms with Crippen molar-refractivity contribution < 1.29 is 14.3 Å². The predicted octanol–water partition coefficient (Wildman–Crippen LogP) is 5.62. The highest BCUT2D eigenvalue weighted by atomic mass is 35.5. The zero-order valence-corrected chi connectivity index (χ0v) is 22.5. The van der Waals surface area contributed by atoms with Crippen molar-refractivity contribution in [3.05, 3.63) is 70.3 Å². The number of amides is 2. The number of carbonyl (C=O) groups is 2. The minimum atomic E-state index is -0.693. The Balaban J connectivity index is 1.56. The monoisotopic (exact) mass is 544 g/mol. The Kier molecular flexibility index (Phi) is 10.5. The second kappa shape index (κ2) is 13.8. The van der Waals surface area contributed by atoms with E-state index >= 15 is 0 Å². The molecule has 37 heavy (non-hydrogen) atoms. The highest BCUT2D eigenvalue weighted by Crippen LogP contribution is 2.28. The molecule has 0 fully saturated rings. The highest BCUT2D eigenvalue weighted by Gasteiger charge is 2.17. The van der Waals surface area contributed by atoms with Gasteiger partial charge in [-0.1, -0.05) is 37.0 Å². The molecule has 3 aromatic rings. The predicted molar refractivity (Wildman–Crippen MR) is 147 cm³/mol. The van der Waals surface area contributed by atoms with Crippen molar-refractivity contribution in [1.29, 1.82) is 0 Å². The molecule has 1 heterocycles. The Morgan fingerprint density at radius 2 is 1.76 bits per heavy atom. The Morgan fingerprint density at radius 3 is 2.46 bits per heavy atom. The van der Waals surface area contributed by atoms with Gasteiger partial charge in [0, 0.05) is 42.1 Å². The summed E-state index contributed by atoms with van der Waals surface area (Å²) in [5, 5.41) is 6.67. The molecule has 0 aliphatic carbocycles. The normalized spacial score (nSPS) is 10.8. The van der Waals surface area contributed by atoms with Crippen LogP contribution in [0.2, 0.25) is 10.0 Å². The average molecular weight is 545 g/mol. The number of benzene rings is 2. The van der Waals surface area contributed by atoms with E-state index in [0.29, 0.717) is 28.6 Å².